The predicted octanol–water partition coefficient (Wildman–Crippen LogP) is 1.96. The van der Waals surface area contributed by atoms with Gasteiger partial charge in [0.1, 0.15) is 0 Å². The molecule has 0 spiro atoms. The van der Waals surface area contributed by atoms with Gasteiger partial charge >= 0.3 is 12.0 Å². The molecule has 1 aromatic carbocycles. The average Bonchev–Trinajstić information content (AvgIpc) is 2.57. The Bertz CT molecular complexity index is 598. The Morgan fingerprint density at radius 1 is 1.13 bits per heavy atom. The van der Waals surface area contributed by atoms with E-state index in [2.05, 4.69) is 10.6 Å². The highest BCUT2D eigenvalue weighted by Crippen LogP contribution is 2.22. The van der Waals surface area contributed by atoms with Gasteiger partial charge in [0, 0.05) is 6.54 Å². The molecule has 1 aliphatic carbocycles. The highest BCUT2D eigenvalue weighted by atomic mass is 16.5. The quantitative estimate of drug-likeness (QED) is 0.813. The standard InChI is InChI=1S/C17H22N2O4/c1-2-9-18-17(22)19-15(20)11-23-16(21)14-8-7-12-5-3-4-6-13(12)10-14/h7-8,10H,2-6,9,11H2,1H3,(H2,18,19,20,22). The summed E-state index contributed by atoms with van der Waals surface area (Å²) in [6, 6.07) is 4.92. The number of carbonyl (C=O) groups is 3. The number of urea groups is 1. The van der Waals surface area contributed by atoms with Crippen LogP contribution in [0.3, 0.4) is 0 Å². The fourth-order valence-corrected chi connectivity index (χ4v) is 2.52. The molecular formula is C17H22N2O4. The lowest BCUT2D eigenvalue weighted by atomic mass is 9.90. The molecule has 0 saturated heterocycles. The number of benzene rings is 1. The second-order valence-electron chi connectivity index (χ2n) is 5.57. The van der Waals surface area contributed by atoms with Crippen molar-refractivity contribution in [2.45, 2.75) is 39.0 Å². The first kappa shape index (κ1) is 17.0. The number of imide groups is 1. The van der Waals surface area contributed by atoms with Gasteiger partial charge in [-0.2, -0.15) is 0 Å². The van der Waals surface area contributed by atoms with Gasteiger partial charge in [-0.3, -0.25) is 10.1 Å². The van der Waals surface area contributed by atoms with E-state index in [0.29, 0.717) is 12.1 Å². The Balaban J connectivity index is 1.82. The van der Waals surface area contributed by atoms with Gasteiger partial charge in [0.05, 0.1) is 5.56 Å². The maximum absolute atomic E-state index is 12.0. The molecule has 3 amide bonds. The van der Waals surface area contributed by atoms with Crippen LogP contribution in [0.5, 0.6) is 0 Å². The summed E-state index contributed by atoms with van der Waals surface area (Å²) in [6.07, 6.45) is 5.08. The molecule has 0 saturated carbocycles. The third-order valence-corrected chi connectivity index (χ3v) is 3.71. The SMILES string of the molecule is CCCNC(=O)NC(=O)COC(=O)c1ccc2c(c1)CCCC2. The van der Waals surface area contributed by atoms with Crippen molar-refractivity contribution < 1.29 is 19.1 Å². The van der Waals surface area contributed by atoms with Gasteiger partial charge in [-0.25, -0.2) is 9.59 Å². The minimum absolute atomic E-state index is 0.439. The second-order valence-corrected chi connectivity index (χ2v) is 5.57. The predicted molar refractivity (Wildman–Crippen MR) is 85.2 cm³/mol. The molecule has 2 rings (SSSR count). The second kappa shape index (κ2) is 8.31. The molecule has 23 heavy (non-hydrogen) atoms. The lowest BCUT2D eigenvalue weighted by molar-refractivity contribution is -0.123. The topological polar surface area (TPSA) is 84.5 Å². The van der Waals surface area contributed by atoms with Crippen molar-refractivity contribution in [3.05, 3.63) is 34.9 Å². The Labute approximate surface area is 135 Å². The first-order valence-corrected chi connectivity index (χ1v) is 7.96. The fraction of sp³-hybridized carbons (Fsp3) is 0.471. The maximum atomic E-state index is 12.0. The van der Waals surface area contributed by atoms with Crippen LogP contribution in [0.4, 0.5) is 4.79 Å². The summed E-state index contributed by atoms with van der Waals surface area (Å²) < 4.78 is 4.96. The zero-order valence-corrected chi connectivity index (χ0v) is 13.3. The largest absolute Gasteiger partial charge is 0.452 e. The lowest BCUT2D eigenvalue weighted by Gasteiger charge is -2.16. The highest BCUT2D eigenvalue weighted by molar-refractivity contribution is 5.97. The number of esters is 1. The van der Waals surface area contributed by atoms with Crippen molar-refractivity contribution in [1.82, 2.24) is 10.6 Å². The van der Waals surface area contributed by atoms with Crippen LogP contribution >= 0.6 is 0 Å². The molecule has 0 unspecified atom stereocenters. The van der Waals surface area contributed by atoms with E-state index in [1.54, 1.807) is 6.07 Å². The summed E-state index contributed by atoms with van der Waals surface area (Å²) in [6.45, 7) is 1.91. The van der Waals surface area contributed by atoms with Crippen LogP contribution in [0.25, 0.3) is 0 Å². The normalized spacial score (nSPS) is 12.9. The summed E-state index contributed by atoms with van der Waals surface area (Å²) in [4.78, 5) is 34.8. The number of hydrogen-bond donors (Lipinski definition) is 2. The maximum Gasteiger partial charge on any atom is 0.338 e. The molecule has 0 heterocycles. The van der Waals surface area contributed by atoms with Crippen molar-refractivity contribution in [2.75, 3.05) is 13.2 Å². The Hall–Kier alpha value is -2.37. The summed E-state index contributed by atoms with van der Waals surface area (Å²) in [5.41, 5.74) is 2.89. The van der Waals surface area contributed by atoms with Crippen LogP contribution in [-0.4, -0.2) is 31.1 Å². The third-order valence-electron chi connectivity index (χ3n) is 3.71. The number of ether oxygens (including phenoxy) is 1. The van der Waals surface area contributed by atoms with Gasteiger partial charge < -0.3 is 10.1 Å². The summed E-state index contributed by atoms with van der Waals surface area (Å²) >= 11 is 0. The van der Waals surface area contributed by atoms with Gasteiger partial charge in [0.2, 0.25) is 0 Å². The van der Waals surface area contributed by atoms with Crippen LogP contribution in [0.2, 0.25) is 0 Å². The average molecular weight is 318 g/mol. The minimum Gasteiger partial charge on any atom is -0.452 e. The Morgan fingerprint density at radius 3 is 2.61 bits per heavy atom. The number of hydrogen-bond acceptors (Lipinski definition) is 4. The van der Waals surface area contributed by atoms with Crippen molar-refractivity contribution in [2.24, 2.45) is 0 Å². The number of aryl methyl sites for hydroxylation is 2. The lowest BCUT2D eigenvalue weighted by Crippen LogP contribution is -2.41. The Kier molecular flexibility index (Phi) is 6.14. The molecule has 0 atom stereocenters. The molecule has 124 valence electrons. The molecule has 6 heteroatoms. The number of fused-ring (bicyclic) bond motifs is 1. The van der Waals surface area contributed by atoms with E-state index in [1.807, 2.05) is 19.1 Å². The van der Waals surface area contributed by atoms with E-state index >= 15 is 0 Å². The molecule has 0 aromatic heterocycles. The van der Waals surface area contributed by atoms with Crippen LogP contribution in [0.15, 0.2) is 18.2 Å². The van der Waals surface area contributed by atoms with Crippen molar-refractivity contribution in [3.8, 4) is 0 Å². The van der Waals surface area contributed by atoms with Crippen LogP contribution in [-0.2, 0) is 22.4 Å². The van der Waals surface area contributed by atoms with E-state index in [9.17, 15) is 14.4 Å². The van der Waals surface area contributed by atoms with Gasteiger partial charge in [-0.05, 0) is 55.4 Å². The molecule has 0 bridgehead atoms. The number of carbonyl (C=O) groups excluding carboxylic acids is 3. The van der Waals surface area contributed by atoms with Gasteiger partial charge in [0.15, 0.2) is 6.61 Å². The zero-order valence-electron chi connectivity index (χ0n) is 13.3. The summed E-state index contributed by atoms with van der Waals surface area (Å²) in [5, 5.41) is 4.61. The molecule has 0 radical (unpaired) electrons. The molecule has 1 aliphatic rings. The third kappa shape index (κ3) is 5.09. The molecule has 0 fully saturated rings. The van der Waals surface area contributed by atoms with Crippen molar-refractivity contribution >= 4 is 17.9 Å². The Morgan fingerprint density at radius 2 is 1.87 bits per heavy atom. The smallest absolute Gasteiger partial charge is 0.338 e. The van der Waals surface area contributed by atoms with Gasteiger partial charge in [-0.15, -0.1) is 0 Å². The molecule has 2 N–H and O–H groups in total. The van der Waals surface area contributed by atoms with Crippen LogP contribution in [0.1, 0.15) is 47.7 Å². The first-order valence-electron chi connectivity index (χ1n) is 7.96. The number of nitrogens with one attached hydrogen (secondary N) is 2. The van der Waals surface area contributed by atoms with Crippen LogP contribution < -0.4 is 10.6 Å². The monoisotopic (exact) mass is 318 g/mol. The molecular weight excluding hydrogens is 296 g/mol. The summed E-state index contributed by atoms with van der Waals surface area (Å²) in [5.74, 6) is -1.20. The van der Waals surface area contributed by atoms with E-state index < -0.39 is 24.5 Å². The van der Waals surface area contributed by atoms with Crippen molar-refractivity contribution in [1.29, 1.82) is 0 Å². The zero-order chi connectivity index (χ0) is 16.7. The summed E-state index contributed by atoms with van der Waals surface area (Å²) in [7, 11) is 0. The number of amides is 3. The number of rotatable bonds is 5. The van der Waals surface area contributed by atoms with Gasteiger partial charge in [0.25, 0.3) is 5.91 Å². The van der Waals surface area contributed by atoms with Gasteiger partial charge in [-0.1, -0.05) is 13.0 Å². The molecule has 0 aliphatic heterocycles. The van der Waals surface area contributed by atoms with E-state index in [1.165, 1.54) is 17.5 Å². The molecule has 6 nitrogen and oxygen atoms in total. The first-order chi connectivity index (χ1) is 11.1. The highest BCUT2D eigenvalue weighted by Gasteiger charge is 2.15. The van der Waals surface area contributed by atoms with E-state index in [-0.39, 0.29) is 0 Å². The van der Waals surface area contributed by atoms with E-state index in [0.717, 1.165) is 25.7 Å². The van der Waals surface area contributed by atoms with E-state index in [4.69, 9.17) is 4.74 Å². The minimum atomic E-state index is -0.648. The van der Waals surface area contributed by atoms with Crippen molar-refractivity contribution in [3.63, 3.8) is 0 Å². The molecule has 1 aromatic rings. The van der Waals surface area contributed by atoms with Crippen LogP contribution in [0, 0.1) is 0 Å². The fourth-order valence-electron chi connectivity index (χ4n) is 2.52.